The highest BCUT2D eigenvalue weighted by Gasteiger charge is 2.04. The molecule has 1 heterocycles. The second kappa shape index (κ2) is 4.00. The van der Waals surface area contributed by atoms with E-state index in [9.17, 15) is 5.11 Å². The third kappa shape index (κ3) is 2.07. The quantitative estimate of drug-likeness (QED) is 0.815. The highest BCUT2D eigenvalue weighted by atomic mass is 16.5. The van der Waals surface area contributed by atoms with Crippen molar-refractivity contribution in [2.45, 2.75) is 6.61 Å². The van der Waals surface area contributed by atoms with Crippen LogP contribution in [-0.2, 0) is 13.7 Å². The number of benzene rings is 1. The van der Waals surface area contributed by atoms with E-state index in [0.29, 0.717) is 11.6 Å². The zero-order valence-corrected chi connectivity index (χ0v) is 8.29. The van der Waals surface area contributed by atoms with Gasteiger partial charge in [0.2, 0.25) is 0 Å². The number of nitrogens with zero attached hydrogens (tertiary/aromatic N) is 3. The molecular formula is C10H11N3O2. The van der Waals surface area contributed by atoms with Crippen molar-refractivity contribution in [2.75, 3.05) is 0 Å². The molecule has 0 spiro atoms. The lowest BCUT2D eigenvalue weighted by atomic mass is 10.3. The highest BCUT2D eigenvalue weighted by Crippen LogP contribution is 2.24. The second-order valence-electron chi connectivity index (χ2n) is 3.06. The first kappa shape index (κ1) is 9.51. The van der Waals surface area contributed by atoms with Gasteiger partial charge in [-0.3, -0.25) is 4.68 Å². The lowest BCUT2D eigenvalue weighted by molar-refractivity contribution is 0.275. The molecule has 0 fully saturated rings. The van der Waals surface area contributed by atoms with Crippen LogP contribution in [0, 0.1) is 0 Å². The fourth-order valence-electron chi connectivity index (χ4n) is 1.17. The zero-order valence-electron chi connectivity index (χ0n) is 8.29. The lowest BCUT2D eigenvalue weighted by Crippen LogP contribution is -2.04. The number of aromatic nitrogens is 3. The summed E-state index contributed by atoms with van der Waals surface area (Å²) in [6.45, 7) is 0.286. The van der Waals surface area contributed by atoms with E-state index in [-0.39, 0.29) is 12.4 Å². The number of ether oxygens (including phenoxy) is 1. The van der Waals surface area contributed by atoms with Crippen LogP contribution in [0.3, 0.4) is 0 Å². The summed E-state index contributed by atoms with van der Waals surface area (Å²) < 4.78 is 7.01. The number of hydrogen-bond donors (Lipinski definition) is 1. The van der Waals surface area contributed by atoms with Crippen LogP contribution in [0.5, 0.6) is 11.5 Å². The molecular weight excluding hydrogens is 194 g/mol. The van der Waals surface area contributed by atoms with Gasteiger partial charge >= 0.3 is 0 Å². The first-order chi connectivity index (χ1) is 7.27. The number of para-hydroxylation sites is 2. The van der Waals surface area contributed by atoms with Crippen molar-refractivity contribution in [3.8, 4) is 11.5 Å². The summed E-state index contributed by atoms with van der Waals surface area (Å²) in [4.78, 5) is 4.01. The van der Waals surface area contributed by atoms with Gasteiger partial charge in [0.15, 0.2) is 17.3 Å². The van der Waals surface area contributed by atoms with Crippen molar-refractivity contribution in [1.82, 2.24) is 14.8 Å². The number of phenolic OH excluding ortho intramolecular Hbond substituents is 1. The van der Waals surface area contributed by atoms with E-state index in [4.69, 9.17) is 4.74 Å². The third-order valence-corrected chi connectivity index (χ3v) is 2.03. The predicted octanol–water partition coefficient (Wildman–Crippen LogP) is 1.10. The summed E-state index contributed by atoms with van der Waals surface area (Å²) in [5.41, 5.74) is 0. The zero-order chi connectivity index (χ0) is 10.7. The lowest BCUT2D eigenvalue weighted by Gasteiger charge is -2.06. The van der Waals surface area contributed by atoms with Gasteiger partial charge in [0.05, 0.1) is 0 Å². The maximum Gasteiger partial charge on any atom is 0.164 e. The number of phenols is 1. The molecule has 1 N–H and O–H groups in total. The molecule has 0 saturated heterocycles. The Morgan fingerprint density at radius 1 is 1.40 bits per heavy atom. The van der Waals surface area contributed by atoms with Crippen LogP contribution in [0.25, 0.3) is 0 Å². The Morgan fingerprint density at radius 3 is 2.87 bits per heavy atom. The molecule has 0 aliphatic rings. The van der Waals surface area contributed by atoms with Crippen LogP contribution in [0.15, 0.2) is 30.6 Å². The molecule has 5 nitrogen and oxygen atoms in total. The van der Waals surface area contributed by atoms with Crippen molar-refractivity contribution in [3.05, 3.63) is 36.4 Å². The largest absolute Gasteiger partial charge is 0.504 e. The van der Waals surface area contributed by atoms with E-state index in [1.54, 1.807) is 36.0 Å². The molecule has 78 valence electrons. The average Bonchev–Trinajstić information content (AvgIpc) is 2.63. The Labute approximate surface area is 87.0 Å². The van der Waals surface area contributed by atoms with Gasteiger partial charge < -0.3 is 9.84 Å². The van der Waals surface area contributed by atoms with Crippen molar-refractivity contribution < 1.29 is 9.84 Å². The molecule has 0 bridgehead atoms. The molecule has 0 amide bonds. The van der Waals surface area contributed by atoms with Gasteiger partial charge in [0.1, 0.15) is 12.9 Å². The minimum Gasteiger partial charge on any atom is -0.504 e. The van der Waals surface area contributed by atoms with E-state index in [1.807, 2.05) is 0 Å². The molecule has 1 aromatic carbocycles. The molecule has 0 radical (unpaired) electrons. The summed E-state index contributed by atoms with van der Waals surface area (Å²) in [5.74, 6) is 1.28. The fourth-order valence-corrected chi connectivity index (χ4v) is 1.17. The average molecular weight is 205 g/mol. The Bertz CT molecular complexity index is 453. The van der Waals surface area contributed by atoms with E-state index < -0.39 is 0 Å². The maximum atomic E-state index is 9.44. The first-order valence-electron chi connectivity index (χ1n) is 4.51. The normalized spacial score (nSPS) is 10.2. The van der Waals surface area contributed by atoms with Gasteiger partial charge in [-0.15, -0.1) is 0 Å². The third-order valence-electron chi connectivity index (χ3n) is 2.03. The summed E-state index contributed by atoms with van der Waals surface area (Å²) in [6, 6.07) is 6.81. The molecule has 0 unspecified atom stereocenters. The molecule has 0 aliphatic heterocycles. The molecule has 2 rings (SSSR count). The van der Waals surface area contributed by atoms with Crippen LogP contribution in [0.4, 0.5) is 0 Å². The van der Waals surface area contributed by atoms with Gasteiger partial charge in [-0.2, -0.15) is 5.10 Å². The monoisotopic (exact) mass is 205 g/mol. The minimum absolute atomic E-state index is 0.125. The smallest absolute Gasteiger partial charge is 0.164 e. The van der Waals surface area contributed by atoms with E-state index in [0.717, 1.165) is 0 Å². The highest BCUT2D eigenvalue weighted by molar-refractivity contribution is 5.37. The van der Waals surface area contributed by atoms with Crippen LogP contribution < -0.4 is 4.74 Å². The summed E-state index contributed by atoms with van der Waals surface area (Å²) in [5, 5.41) is 13.4. The predicted molar refractivity (Wildman–Crippen MR) is 53.4 cm³/mol. The molecule has 2 aromatic rings. The minimum atomic E-state index is 0.125. The van der Waals surface area contributed by atoms with Gasteiger partial charge in [-0.05, 0) is 12.1 Å². The molecule has 0 saturated carbocycles. The standard InChI is InChI=1S/C10H11N3O2/c1-13-10(11-7-12-13)6-15-9-5-3-2-4-8(9)14/h2-5,7,14H,6H2,1H3. The Hall–Kier alpha value is -2.04. The van der Waals surface area contributed by atoms with Gasteiger partial charge in [0.25, 0.3) is 0 Å². The number of aryl methyl sites for hydroxylation is 1. The summed E-state index contributed by atoms with van der Waals surface area (Å²) in [7, 11) is 1.79. The van der Waals surface area contributed by atoms with E-state index >= 15 is 0 Å². The first-order valence-corrected chi connectivity index (χ1v) is 4.51. The maximum absolute atomic E-state index is 9.44. The van der Waals surface area contributed by atoms with E-state index in [2.05, 4.69) is 10.1 Å². The molecule has 1 aromatic heterocycles. The molecule has 5 heteroatoms. The van der Waals surface area contributed by atoms with Gasteiger partial charge in [-0.25, -0.2) is 4.98 Å². The van der Waals surface area contributed by atoms with Gasteiger partial charge in [-0.1, -0.05) is 12.1 Å². The summed E-state index contributed by atoms with van der Waals surface area (Å²) in [6.07, 6.45) is 1.46. The Balaban J connectivity index is 2.06. The van der Waals surface area contributed by atoms with Crippen molar-refractivity contribution >= 4 is 0 Å². The number of rotatable bonds is 3. The topological polar surface area (TPSA) is 60.2 Å². The number of aromatic hydroxyl groups is 1. The Morgan fingerprint density at radius 2 is 2.20 bits per heavy atom. The Kier molecular flexibility index (Phi) is 2.53. The number of hydrogen-bond acceptors (Lipinski definition) is 4. The molecule has 15 heavy (non-hydrogen) atoms. The second-order valence-corrected chi connectivity index (χ2v) is 3.06. The van der Waals surface area contributed by atoms with E-state index in [1.165, 1.54) is 6.33 Å². The molecule has 0 aliphatic carbocycles. The molecule has 0 atom stereocenters. The summed E-state index contributed by atoms with van der Waals surface area (Å²) >= 11 is 0. The SMILES string of the molecule is Cn1ncnc1COc1ccccc1O. The van der Waals surface area contributed by atoms with Crippen LogP contribution in [0.1, 0.15) is 5.82 Å². The van der Waals surface area contributed by atoms with Gasteiger partial charge in [0, 0.05) is 7.05 Å². The van der Waals surface area contributed by atoms with Crippen molar-refractivity contribution in [1.29, 1.82) is 0 Å². The van der Waals surface area contributed by atoms with Crippen molar-refractivity contribution in [3.63, 3.8) is 0 Å². The van der Waals surface area contributed by atoms with Crippen molar-refractivity contribution in [2.24, 2.45) is 7.05 Å². The van der Waals surface area contributed by atoms with Crippen LogP contribution >= 0.6 is 0 Å². The van der Waals surface area contributed by atoms with Crippen LogP contribution in [-0.4, -0.2) is 19.9 Å². The van der Waals surface area contributed by atoms with Crippen LogP contribution in [0.2, 0.25) is 0 Å². The fraction of sp³-hybridized carbons (Fsp3) is 0.200.